The zero-order chi connectivity index (χ0) is 15.2. The summed E-state index contributed by atoms with van der Waals surface area (Å²) in [5, 5.41) is 2.78. The smallest absolute Gasteiger partial charge is 0.287 e. The topological polar surface area (TPSA) is 77.5 Å². The average molecular weight is 353 g/mol. The van der Waals surface area contributed by atoms with Gasteiger partial charge in [0, 0.05) is 36.0 Å². The molecule has 0 atom stereocenters. The summed E-state index contributed by atoms with van der Waals surface area (Å²) in [6.45, 7) is 1.16. The Morgan fingerprint density at radius 2 is 2.19 bits per heavy atom. The van der Waals surface area contributed by atoms with Crippen molar-refractivity contribution in [2.45, 2.75) is 6.42 Å². The lowest BCUT2D eigenvalue weighted by Crippen LogP contribution is -2.24. The van der Waals surface area contributed by atoms with Crippen LogP contribution in [0.1, 0.15) is 17.0 Å². The molecule has 21 heavy (non-hydrogen) atoms. The van der Waals surface area contributed by atoms with Gasteiger partial charge in [-0.3, -0.25) is 4.79 Å². The number of carbonyl (C=O) groups excluding carboxylic acids is 1. The summed E-state index contributed by atoms with van der Waals surface area (Å²) in [5.74, 6) is 0.666. The van der Waals surface area contributed by atoms with Crippen LogP contribution in [0.25, 0.3) is 11.3 Å². The zero-order valence-electron chi connectivity index (χ0n) is 11.7. The fourth-order valence-corrected chi connectivity index (χ4v) is 2.43. The van der Waals surface area contributed by atoms with Gasteiger partial charge >= 0.3 is 0 Å². The van der Waals surface area contributed by atoms with Crippen LogP contribution in [-0.4, -0.2) is 26.2 Å². The number of methoxy groups -OCH3 is 1. The van der Waals surface area contributed by atoms with Crippen molar-refractivity contribution in [1.82, 2.24) is 5.32 Å². The molecule has 1 aromatic carbocycles. The number of amides is 1. The van der Waals surface area contributed by atoms with Crippen molar-refractivity contribution in [3.8, 4) is 11.3 Å². The highest BCUT2D eigenvalue weighted by atomic mass is 79.9. The van der Waals surface area contributed by atoms with Crippen LogP contribution < -0.4 is 11.1 Å². The quantitative estimate of drug-likeness (QED) is 0.618. The van der Waals surface area contributed by atoms with Crippen LogP contribution in [0, 0.1) is 0 Å². The van der Waals surface area contributed by atoms with E-state index in [0.717, 1.165) is 16.5 Å². The van der Waals surface area contributed by atoms with E-state index in [1.807, 2.05) is 6.07 Å². The van der Waals surface area contributed by atoms with Crippen LogP contribution in [0.4, 0.5) is 5.69 Å². The number of furan rings is 1. The lowest BCUT2D eigenvalue weighted by atomic mass is 10.1. The number of hydrogen-bond acceptors (Lipinski definition) is 4. The Hall–Kier alpha value is -1.79. The molecule has 0 fully saturated rings. The maximum atomic E-state index is 11.9. The summed E-state index contributed by atoms with van der Waals surface area (Å²) < 4.78 is 11.3. The monoisotopic (exact) mass is 352 g/mol. The van der Waals surface area contributed by atoms with E-state index < -0.39 is 0 Å². The second-order valence-corrected chi connectivity index (χ2v) is 5.36. The first kappa shape index (κ1) is 15.6. The Kier molecular flexibility index (Phi) is 5.41. The molecule has 0 aliphatic heterocycles. The molecule has 1 aromatic heterocycles. The minimum Gasteiger partial charge on any atom is -0.451 e. The van der Waals surface area contributed by atoms with Gasteiger partial charge in [0.1, 0.15) is 5.76 Å². The fourth-order valence-electron chi connectivity index (χ4n) is 1.84. The number of rotatable bonds is 6. The molecule has 6 heteroatoms. The largest absolute Gasteiger partial charge is 0.451 e. The van der Waals surface area contributed by atoms with Crippen molar-refractivity contribution in [3.63, 3.8) is 0 Å². The van der Waals surface area contributed by atoms with Crippen molar-refractivity contribution in [2.24, 2.45) is 0 Å². The highest BCUT2D eigenvalue weighted by Crippen LogP contribution is 2.31. The Bertz CT molecular complexity index is 625. The molecule has 1 heterocycles. The van der Waals surface area contributed by atoms with E-state index in [4.69, 9.17) is 14.9 Å². The number of carbonyl (C=O) groups is 1. The van der Waals surface area contributed by atoms with Gasteiger partial charge in [0.15, 0.2) is 5.76 Å². The lowest BCUT2D eigenvalue weighted by Gasteiger charge is -2.03. The van der Waals surface area contributed by atoms with Crippen LogP contribution in [0.3, 0.4) is 0 Å². The second-order valence-electron chi connectivity index (χ2n) is 4.51. The molecule has 112 valence electrons. The molecule has 0 saturated heterocycles. The number of nitrogens with two attached hydrogens (primary N) is 1. The Balaban J connectivity index is 2.05. The average Bonchev–Trinajstić information content (AvgIpc) is 2.93. The van der Waals surface area contributed by atoms with E-state index in [-0.39, 0.29) is 11.7 Å². The molecule has 2 aromatic rings. The standard InChI is InChI=1S/C15H17BrN2O3/c1-20-8-2-7-18-15(19)14-6-5-13(21-14)11-4-3-10(17)9-12(11)16/h3-6,9H,2,7-8,17H2,1H3,(H,18,19). The van der Waals surface area contributed by atoms with Crippen LogP contribution in [0.15, 0.2) is 39.2 Å². The molecule has 0 radical (unpaired) electrons. The van der Waals surface area contributed by atoms with Gasteiger partial charge in [-0.05, 0) is 52.7 Å². The third-order valence-corrected chi connectivity index (χ3v) is 3.56. The third kappa shape index (κ3) is 4.09. The summed E-state index contributed by atoms with van der Waals surface area (Å²) in [4.78, 5) is 11.9. The molecule has 0 aliphatic carbocycles. The summed E-state index contributed by atoms with van der Waals surface area (Å²) in [5.41, 5.74) is 7.21. The minimum atomic E-state index is -0.232. The van der Waals surface area contributed by atoms with Gasteiger partial charge in [0.25, 0.3) is 5.91 Å². The number of nitrogens with one attached hydrogen (secondary N) is 1. The number of anilines is 1. The molecule has 5 nitrogen and oxygen atoms in total. The first-order valence-corrected chi connectivity index (χ1v) is 7.33. The molecule has 0 unspecified atom stereocenters. The highest BCUT2D eigenvalue weighted by Gasteiger charge is 2.13. The molecule has 0 bridgehead atoms. The molecule has 1 amide bonds. The van der Waals surface area contributed by atoms with Gasteiger partial charge < -0.3 is 20.2 Å². The number of nitrogen functional groups attached to an aromatic ring is 1. The van der Waals surface area contributed by atoms with Gasteiger partial charge in [-0.1, -0.05) is 0 Å². The number of halogens is 1. The molecule has 0 spiro atoms. The number of benzene rings is 1. The summed E-state index contributed by atoms with van der Waals surface area (Å²) in [6, 6.07) is 8.85. The van der Waals surface area contributed by atoms with Gasteiger partial charge in [-0.2, -0.15) is 0 Å². The first-order valence-electron chi connectivity index (χ1n) is 6.54. The lowest BCUT2D eigenvalue weighted by molar-refractivity contribution is 0.0922. The Labute approximate surface area is 131 Å². The predicted octanol–water partition coefficient (Wildman–Crippen LogP) is 3.06. The molecule has 0 aliphatic rings. The predicted molar refractivity (Wildman–Crippen MR) is 85.1 cm³/mol. The molecule has 0 saturated carbocycles. The molecule has 3 N–H and O–H groups in total. The third-order valence-electron chi connectivity index (χ3n) is 2.90. The molecule has 2 rings (SSSR count). The van der Waals surface area contributed by atoms with E-state index >= 15 is 0 Å². The SMILES string of the molecule is COCCCNC(=O)c1ccc(-c2ccc(N)cc2Br)o1. The van der Waals surface area contributed by atoms with Crippen molar-refractivity contribution < 1.29 is 13.9 Å². The van der Waals surface area contributed by atoms with E-state index in [1.54, 1.807) is 31.4 Å². The van der Waals surface area contributed by atoms with Gasteiger partial charge in [-0.25, -0.2) is 0 Å². The maximum absolute atomic E-state index is 11.9. The van der Waals surface area contributed by atoms with Gasteiger partial charge in [-0.15, -0.1) is 0 Å². The van der Waals surface area contributed by atoms with Crippen LogP contribution in [0.5, 0.6) is 0 Å². The van der Waals surface area contributed by atoms with E-state index in [2.05, 4.69) is 21.2 Å². The first-order chi connectivity index (χ1) is 10.1. The highest BCUT2D eigenvalue weighted by molar-refractivity contribution is 9.10. The van der Waals surface area contributed by atoms with Gasteiger partial charge in [0.2, 0.25) is 0 Å². The van der Waals surface area contributed by atoms with E-state index in [0.29, 0.717) is 24.6 Å². The van der Waals surface area contributed by atoms with E-state index in [1.165, 1.54) is 0 Å². The summed E-state index contributed by atoms with van der Waals surface area (Å²) in [6.07, 6.45) is 0.763. The normalized spacial score (nSPS) is 10.6. The Morgan fingerprint density at radius 1 is 1.38 bits per heavy atom. The zero-order valence-corrected chi connectivity index (χ0v) is 13.3. The number of ether oxygens (including phenoxy) is 1. The van der Waals surface area contributed by atoms with Crippen molar-refractivity contribution >= 4 is 27.5 Å². The van der Waals surface area contributed by atoms with Crippen molar-refractivity contribution in [2.75, 3.05) is 26.0 Å². The molecular weight excluding hydrogens is 336 g/mol. The summed E-state index contributed by atoms with van der Waals surface area (Å²) in [7, 11) is 1.63. The van der Waals surface area contributed by atoms with E-state index in [9.17, 15) is 4.79 Å². The van der Waals surface area contributed by atoms with Crippen LogP contribution >= 0.6 is 15.9 Å². The van der Waals surface area contributed by atoms with Gasteiger partial charge in [0.05, 0.1) is 0 Å². The second kappa shape index (κ2) is 7.28. The summed E-state index contributed by atoms with van der Waals surface area (Å²) >= 11 is 3.43. The van der Waals surface area contributed by atoms with Crippen molar-refractivity contribution in [1.29, 1.82) is 0 Å². The fraction of sp³-hybridized carbons (Fsp3) is 0.267. The van der Waals surface area contributed by atoms with Crippen LogP contribution in [-0.2, 0) is 4.74 Å². The Morgan fingerprint density at radius 3 is 2.90 bits per heavy atom. The van der Waals surface area contributed by atoms with Crippen LogP contribution in [0.2, 0.25) is 0 Å². The molecular formula is C15H17BrN2O3. The minimum absolute atomic E-state index is 0.232. The number of hydrogen-bond donors (Lipinski definition) is 2. The maximum Gasteiger partial charge on any atom is 0.287 e. The van der Waals surface area contributed by atoms with Crippen molar-refractivity contribution in [3.05, 3.63) is 40.6 Å².